The van der Waals surface area contributed by atoms with Crippen LogP contribution in [-0.2, 0) is 15.0 Å². The molecule has 0 aliphatic carbocycles. The number of carbonyl (C=O) groups excluding carboxylic acids is 2. The van der Waals surface area contributed by atoms with E-state index in [1.54, 1.807) is 12.1 Å². The molecule has 1 saturated heterocycles. The number of rotatable bonds is 4. The van der Waals surface area contributed by atoms with Crippen molar-refractivity contribution in [3.05, 3.63) is 100 Å². The molecule has 1 unspecified atom stereocenters. The fourth-order valence-corrected chi connectivity index (χ4v) is 4.31. The topological polar surface area (TPSA) is 66.8 Å². The molecule has 0 bridgehead atoms. The van der Waals surface area contributed by atoms with Crippen LogP contribution in [0.15, 0.2) is 66.2 Å². The van der Waals surface area contributed by atoms with Crippen LogP contribution in [0.4, 0.5) is 18.9 Å². The Balaban J connectivity index is 1.99. The molecule has 0 radical (unpaired) electrons. The zero-order chi connectivity index (χ0) is 26.4. The predicted octanol–water partition coefficient (Wildman–Crippen LogP) is 6.04. The van der Waals surface area contributed by atoms with Gasteiger partial charge >= 0.3 is 0 Å². The van der Waals surface area contributed by atoms with E-state index in [1.165, 1.54) is 25.3 Å². The molecule has 186 valence electrons. The van der Waals surface area contributed by atoms with Crippen molar-refractivity contribution in [2.24, 2.45) is 0 Å². The van der Waals surface area contributed by atoms with Crippen LogP contribution in [0.2, 0.25) is 0 Å². The summed E-state index contributed by atoms with van der Waals surface area (Å²) in [4.78, 5) is 27.2. The van der Waals surface area contributed by atoms with Crippen molar-refractivity contribution in [2.75, 3.05) is 12.0 Å². The standard InChI is InChI=1S/C28H24F3NO4/c1-28(2,3)19-13-16(7-12-22(19)36-4)25(33)23-24(15-5-8-17(29)9-6-15)32(27(35)26(23)34)21-14-18(30)10-11-20(21)31/h5-14,24,33H,1-4H3/b25-23-. The molecule has 1 aliphatic rings. The first kappa shape index (κ1) is 25.0. The highest BCUT2D eigenvalue weighted by Gasteiger charge is 2.48. The molecule has 0 saturated carbocycles. The average molecular weight is 495 g/mol. The highest BCUT2D eigenvalue weighted by molar-refractivity contribution is 6.51. The largest absolute Gasteiger partial charge is 0.507 e. The summed E-state index contributed by atoms with van der Waals surface area (Å²) in [5.41, 5.74) is -0.0147. The van der Waals surface area contributed by atoms with Gasteiger partial charge in [0.15, 0.2) is 0 Å². The summed E-state index contributed by atoms with van der Waals surface area (Å²) in [6, 6.07) is 10.8. The lowest BCUT2D eigenvalue weighted by Crippen LogP contribution is -2.30. The fraction of sp³-hybridized carbons (Fsp3) is 0.214. The molecule has 8 heteroatoms. The number of aliphatic hydroxyl groups is 1. The first-order valence-electron chi connectivity index (χ1n) is 11.1. The van der Waals surface area contributed by atoms with E-state index in [9.17, 15) is 27.9 Å². The van der Waals surface area contributed by atoms with Crippen molar-refractivity contribution in [2.45, 2.75) is 32.2 Å². The maximum absolute atomic E-state index is 14.8. The molecule has 1 atom stereocenters. The van der Waals surface area contributed by atoms with E-state index in [0.717, 1.165) is 40.8 Å². The Hall–Kier alpha value is -4.07. The first-order chi connectivity index (χ1) is 16.9. The number of benzene rings is 3. The molecule has 1 amide bonds. The van der Waals surface area contributed by atoms with Crippen molar-refractivity contribution in [1.82, 2.24) is 0 Å². The third-order valence-corrected chi connectivity index (χ3v) is 6.08. The van der Waals surface area contributed by atoms with E-state index in [1.807, 2.05) is 20.8 Å². The third kappa shape index (κ3) is 4.34. The van der Waals surface area contributed by atoms with Crippen LogP contribution in [-0.4, -0.2) is 23.9 Å². The van der Waals surface area contributed by atoms with Crippen LogP contribution in [0.5, 0.6) is 5.75 Å². The second kappa shape index (κ2) is 9.18. The van der Waals surface area contributed by atoms with E-state index >= 15 is 0 Å². The molecule has 5 nitrogen and oxygen atoms in total. The minimum absolute atomic E-state index is 0.227. The number of ether oxygens (including phenoxy) is 1. The smallest absolute Gasteiger partial charge is 0.300 e. The Bertz CT molecular complexity index is 1390. The van der Waals surface area contributed by atoms with Crippen molar-refractivity contribution in [3.63, 3.8) is 0 Å². The van der Waals surface area contributed by atoms with Gasteiger partial charge in [0, 0.05) is 17.2 Å². The van der Waals surface area contributed by atoms with Gasteiger partial charge in [-0.05, 0) is 53.4 Å². The van der Waals surface area contributed by atoms with Gasteiger partial charge in [-0.2, -0.15) is 0 Å². The predicted molar refractivity (Wildman–Crippen MR) is 129 cm³/mol. The number of ketones is 1. The monoisotopic (exact) mass is 495 g/mol. The number of aliphatic hydroxyl groups excluding tert-OH is 1. The van der Waals surface area contributed by atoms with Gasteiger partial charge < -0.3 is 9.84 Å². The lowest BCUT2D eigenvalue weighted by Gasteiger charge is -2.26. The van der Waals surface area contributed by atoms with Crippen LogP contribution >= 0.6 is 0 Å². The first-order valence-corrected chi connectivity index (χ1v) is 11.1. The molecule has 0 spiro atoms. The number of carbonyl (C=O) groups is 2. The van der Waals surface area contributed by atoms with Gasteiger partial charge in [0.05, 0.1) is 24.4 Å². The number of anilines is 1. The molecule has 1 aliphatic heterocycles. The van der Waals surface area contributed by atoms with Crippen molar-refractivity contribution < 1.29 is 32.6 Å². The van der Waals surface area contributed by atoms with E-state index in [-0.39, 0.29) is 16.7 Å². The molecule has 3 aromatic rings. The average Bonchev–Trinajstić information content (AvgIpc) is 3.10. The Morgan fingerprint density at radius 2 is 1.56 bits per heavy atom. The van der Waals surface area contributed by atoms with Gasteiger partial charge in [0.2, 0.25) is 0 Å². The summed E-state index contributed by atoms with van der Waals surface area (Å²) in [7, 11) is 1.51. The number of hydrogen-bond donors (Lipinski definition) is 1. The lowest BCUT2D eigenvalue weighted by atomic mass is 9.84. The molecule has 4 rings (SSSR count). The maximum atomic E-state index is 14.8. The molecule has 0 aromatic heterocycles. The highest BCUT2D eigenvalue weighted by atomic mass is 19.1. The SMILES string of the molecule is COc1ccc(/C(O)=C2/C(=O)C(=O)N(c3cc(F)ccc3F)C2c2ccc(F)cc2)cc1C(C)(C)C. The highest BCUT2D eigenvalue weighted by Crippen LogP contribution is 2.44. The molecular formula is C28H24F3NO4. The molecule has 1 heterocycles. The Morgan fingerprint density at radius 1 is 0.917 bits per heavy atom. The number of methoxy groups -OCH3 is 1. The Labute approximate surface area is 206 Å². The van der Waals surface area contributed by atoms with Gasteiger partial charge in [-0.25, -0.2) is 13.2 Å². The van der Waals surface area contributed by atoms with Crippen molar-refractivity contribution in [1.29, 1.82) is 0 Å². The number of halogens is 3. The number of nitrogens with zero attached hydrogens (tertiary/aromatic N) is 1. The zero-order valence-electron chi connectivity index (χ0n) is 20.1. The Kier molecular flexibility index (Phi) is 6.39. The number of Topliss-reactive ketones (excluding diaryl/α,β-unsaturated/α-hetero) is 1. The van der Waals surface area contributed by atoms with Crippen molar-refractivity contribution >= 4 is 23.1 Å². The van der Waals surface area contributed by atoms with Gasteiger partial charge in [0.1, 0.15) is 29.0 Å². The van der Waals surface area contributed by atoms with Crippen LogP contribution in [0.1, 0.15) is 43.5 Å². The van der Waals surface area contributed by atoms with Crippen molar-refractivity contribution in [3.8, 4) is 5.75 Å². The number of amides is 1. The van der Waals surface area contributed by atoms with Crippen LogP contribution in [0.3, 0.4) is 0 Å². The van der Waals surface area contributed by atoms with Gasteiger partial charge in [-0.3, -0.25) is 14.5 Å². The summed E-state index contributed by atoms with van der Waals surface area (Å²) in [5.74, 6) is -4.51. The lowest BCUT2D eigenvalue weighted by molar-refractivity contribution is -0.132. The fourth-order valence-electron chi connectivity index (χ4n) is 4.31. The summed E-state index contributed by atoms with van der Waals surface area (Å²) >= 11 is 0. The minimum atomic E-state index is -1.33. The summed E-state index contributed by atoms with van der Waals surface area (Å²) in [5, 5.41) is 11.3. The van der Waals surface area contributed by atoms with E-state index in [0.29, 0.717) is 5.75 Å². The number of hydrogen-bond acceptors (Lipinski definition) is 4. The molecule has 1 fully saturated rings. The molecule has 1 N–H and O–H groups in total. The molecule has 3 aromatic carbocycles. The zero-order valence-corrected chi connectivity index (χ0v) is 20.1. The quantitative estimate of drug-likeness (QED) is 0.272. The summed E-state index contributed by atoms with van der Waals surface area (Å²) in [6.45, 7) is 5.83. The van der Waals surface area contributed by atoms with Crippen LogP contribution in [0, 0.1) is 17.5 Å². The maximum Gasteiger partial charge on any atom is 0.300 e. The normalized spacial score (nSPS) is 17.5. The van der Waals surface area contributed by atoms with E-state index in [4.69, 9.17) is 4.74 Å². The van der Waals surface area contributed by atoms with Gasteiger partial charge in [-0.15, -0.1) is 0 Å². The minimum Gasteiger partial charge on any atom is -0.507 e. The van der Waals surface area contributed by atoms with Gasteiger partial charge in [0.25, 0.3) is 11.7 Å². The van der Waals surface area contributed by atoms with E-state index in [2.05, 4.69) is 0 Å². The second-order valence-corrected chi connectivity index (χ2v) is 9.48. The summed E-state index contributed by atoms with van der Waals surface area (Å²) in [6.07, 6.45) is 0. The van der Waals surface area contributed by atoms with Crippen LogP contribution in [0.25, 0.3) is 5.76 Å². The van der Waals surface area contributed by atoms with Crippen LogP contribution < -0.4 is 9.64 Å². The molecule has 36 heavy (non-hydrogen) atoms. The van der Waals surface area contributed by atoms with Gasteiger partial charge in [-0.1, -0.05) is 32.9 Å². The Morgan fingerprint density at radius 3 is 2.17 bits per heavy atom. The van der Waals surface area contributed by atoms with E-state index < -0.39 is 52.0 Å². The summed E-state index contributed by atoms with van der Waals surface area (Å²) < 4.78 is 47.9. The third-order valence-electron chi connectivity index (χ3n) is 6.08. The second-order valence-electron chi connectivity index (χ2n) is 9.48. The molecular weight excluding hydrogens is 471 g/mol.